The van der Waals surface area contributed by atoms with Crippen LogP contribution in [0.25, 0.3) is 0 Å². The van der Waals surface area contributed by atoms with Gasteiger partial charge in [-0.25, -0.2) is 0 Å². The van der Waals surface area contributed by atoms with E-state index in [1.807, 2.05) is 0 Å². The topological polar surface area (TPSA) is 75.4 Å². The van der Waals surface area contributed by atoms with Crippen LogP contribution >= 0.6 is 0 Å². The van der Waals surface area contributed by atoms with Crippen molar-refractivity contribution < 1.29 is 9.59 Å². The maximum absolute atomic E-state index is 13.5. The van der Waals surface area contributed by atoms with Crippen molar-refractivity contribution in [3.05, 3.63) is 24.4 Å². The normalized spacial score (nSPS) is 27.2. The Morgan fingerprint density at radius 1 is 1.21 bits per heavy atom. The molecule has 0 aromatic heterocycles. The number of rotatable bonds is 8. The lowest BCUT2D eigenvalue weighted by molar-refractivity contribution is -0.127. The second-order valence-electron chi connectivity index (χ2n) is 11.2. The number of allylic oxidation sites excluding steroid dienone is 1. The molecule has 2 aliphatic rings. The maximum Gasteiger partial charge on any atom is 0.246 e. The highest BCUT2D eigenvalue weighted by atomic mass is 16.2. The van der Waals surface area contributed by atoms with Gasteiger partial charge < -0.3 is 16.0 Å². The van der Waals surface area contributed by atoms with Crippen molar-refractivity contribution in [3.8, 4) is 0 Å². The number of carbonyl (C=O) groups is 2. The lowest BCUT2D eigenvalue weighted by atomic mass is 9.79. The molecule has 1 saturated heterocycles. The predicted molar refractivity (Wildman–Crippen MR) is 119 cm³/mol. The second-order valence-corrected chi connectivity index (χ2v) is 11.2. The lowest BCUT2D eigenvalue weighted by Crippen LogP contribution is -2.52. The summed E-state index contributed by atoms with van der Waals surface area (Å²) >= 11 is 0. The minimum Gasteiger partial charge on any atom is -0.366 e. The molecular formula is C24H41N3O2. The Labute approximate surface area is 177 Å². The molecule has 1 saturated carbocycles. The summed E-state index contributed by atoms with van der Waals surface area (Å²) < 4.78 is 0. The molecule has 5 heteroatoms. The van der Waals surface area contributed by atoms with Gasteiger partial charge in [0.15, 0.2) is 0 Å². The van der Waals surface area contributed by atoms with Crippen LogP contribution in [-0.4, -0.2) is 35.3 Å². The zero-order valence-corrected chi connectivity index (χ0v) is 19.6. The third-order valence-electron chi connectivity index (χ3n) is 7.41. The number of nitrogens with zero attached hydrogens (tertiary/aromatic N) is 1. The van der Waals surface area contributed by atoms with Gasteiger partial charge in [0.1, 0.15) is 6.04 Å². The minimum atomic E-state index is -0.561. The van der Waals surface area contributed by atoms with Gasteiger partial charge in [-0.15, -0.1) is 0 Å². The summed E-state index contributed by atoms with van der Waals surface area (Å²) in [4.78, 5) is 27.4. The van der Waals surface area contributed by atoms with Gasteiger partial charge in [0.2, 0.25) is 11.8 Å². The van der Waals surface area contributed by atoms with Crippen LogP contribution in [0.5, 0.6) is 0 Å². The van der Waals surface area contributed by atoms with E-state index in [2.05, 4.69) is 78.8 Å². The van der Waals surface area contributed by atoms with Gasteiger partial charge in [-0.2, -0.15) is 0 Å². The molecule has 2 fully saturated rings. The standard InChI is InChI=1S/C24H41N3O2/c1-13(2)11-18(14(3)21(25)28)26-22(29)20-19-17(24(19,9)10)12-27(20)16(5)15(4)23(6,7)8/h13,15,17-20H,3,5,11-12H2,1-2,4,6-10H3,(H2,25,28)(H,26,29)/t15?,17-,18?,19-,20?/m0/s1. The van der Waals surface area contributed by atoms with Gasteiger partial charge in [0.25, 0.3) is 0 Å². The summed E-state index contributed by atoms with van der Waals surface area (Å²) in [5.74, 6) is 0.744. The zero-order chi connectivity index (χ0) is 22.5. The first-order valence-electron chi connectivity index (χ1n) is 10.8. The van der Waals surface area contributed by atoms with Crippen LogP contribution < -0.4 is 11.1 Å². The number of hydrogen-bond acceptors (Lipinski definition) is 3. The molecule has 3 unspecified atom stereocenters. The molecule has 29 heavy (non-hydrogen) atoms. The molecule has 0 radical (unpaired) electrons. The quantitative estimate of drug-likeness (QED) is 0.607. The first-order chi connectivity index (χ1) is 13.1. The Balaban J connectivity index is 2.26. The molecule has 0 bridgehead atoms. The first kappa shape index (κ1) is 23.5. The van der Waals surface area contributed by atoms with E-state index in [9.17, 15) is 9.59 Å². The molecule has 1 heterocycles. The number of fused-ring (bicyclic) bond motifs is 1. The van der Waals surface area contributed by atoms with Crippen molar-refractivity contribution in [2.45, 2.75) is 73.9 Å². The fourth-order valence-electron chi connectivity index (χ4n) is 4.82. The van der Waals surface area contributed by atoms with Crippen LogP contribution in [0.4, 0.5) is 0 Å². The fourth-order valence-corrected chi connectivity index (χ4v) is 4.82. The molecule has 0 aromatic carbocycles. The van der Waals surface area contributed by atoms with E-state index in [-0.39, 0.29) is 34.3 Å². The van der Waals surface area contributed by atoms with E-state index in [4.69, 9.17) is 5.73 Å². The highest BCUT2D eigenvalue weighted by Crippen LogP contribution is 2.65. The Kier molecular flexibility index (Phi) is 6.33. The largest absolute Gasteiger partial charge is 0.366 e. The molecule has 5 nitrogen and oxygen atoms in total. The number of hydrogen-bond donors (Lipinski definition) is 2. The molecule has 164 valence electrons. The zero-order valence-electron chi connectivity index (χ0n) is 19.6. The highest BCUT2D eigenvalue weighted by Gasteiger charge is 2.68. The van der Waals surface area contributed by atoms with Gasteiger partial charge in [-0.05, 0) is 35.0 Å². The van der Waals surface area contributed by atoms with Crippen molar-refractivity contribution in [2.24, 2.45) is 40.2 Å². The van der Waals surface area contributed by atoms with Gasteiger partial charge in [-0.1, -0.05) is 68.5 Å². The average Bonchev–Trinajstić information content (AvgIpc) is 2.94. The van der Waals surface area contributed by atoms with Crippen molar-refractivity contribution in [1.82, 2.24) is 10.2 Å². The van der Waals surface area contributed by atoms with E-state index < -0.39 is 11.9 Å². The first-order valence-corrected chi connectivity index (χ1v) is 10.8. The van der Waals surface area contributed by atoms with Gasteiger partial charge >= 0.3 is 0 Å². The molecular weight excluding hydrogens is 362 g/mol. The molecule has 5 atom stereocenters. The Morgan fingerprint density at radius 2 is 1.76 bits per heavy atom. The van der Waals surface area contributed by atoms with Crippen LogP contribution in [0, 0.1) is 34.5 Å². The third kappa shape index (κ3) is 4.54. The molecule has 2 rings (SSSR count). The van der Waals surface area contributed by atoms with E-state index in [0.717, 1.165) is 12.2 Å². The highest BCUT2D eigenvalue weighted by molar-refractivity contribution is 5.94. The van der Waals surface area contributed by atoms with Crippen LogP contribution in [0.15, 0.2) is 24.4 Å². The van der Waals surface area contributed by atoms with E-state index in [1.54, 1.807) is 0 Å². The second kappa shape index (κ2) is 7.81. The van der Waals surface area contributed by atoms with Crippen molar-refractivity contribution >= 4 is 11.8 Å². The summed E-state index contributed by atoms with van der Waals surface area (Å²) in [6.45, 7) is 26.5. The van der Waals surface area contributed by atoms with Crippen LogP contribution in [-0.2, 0) is 9.59 Å². The number of likely N-dealkylation sites (tertiary alicyclic amines) is 1. The van der Waals surface area contributed by atoms with Gasteiger partial charge in [0.05, 0.1) is 6.04 Å². The minimum absolute atomic E-state index is 0.0432. The SMILES string of the molecule is C=C(C(N)=O)C(CC(C)C)NC(=O)C1[C@@H]2[C@H](CN1C(=C)C(C)C(C)(C)C)C2(C)C. The molecule has 3 N–H and O–H groups in total. The van der Waals surface area contributed by atoms with Gasteiger partial charge in [-0.3, -0.25) is 9.59 Å². The smallest absolute Gasteiger partial charge is 0.246 e. The number of amides is 2. The van der Waals surface area contributed by atoms with Crippen molar-refractivity contribution in [3.63, 3.8) is 0 Å². The maximum atomic E-state index is 13.5. The monoisotopic (exact) mass is 403 g/mol. The van der Waals surface area contributed by atoms with E-state index in [1.165, 1.54) is 0 Å². The Bertz CT molecular complexity index is 701. The third-order valence-corrected chi connectivity index (χ3v) is 7.41. The van der Waals surface area contributed by atoms with E-state index >= 15 is 0 Å². The lowest BCUT2D eigenvalue weighted by Gasteiger charge is -2.40. The average molecular weight is 404 g/mol. The van der Waals surface area contributed by atoms with Crippen LogP contribution in [0.1, 0.15) is 61.8 Å². The summed E-state index contributed by atoms with van der Waals surface area (Å²) in [6.07, 6.45) is 0.636. The van der Waals surface area contributed by atoms with E-state index in [0.29, 0.717) is 24.2 Å². The number of nitrogens with two attached hydrogens (primary N) is 1. The van der Waals surface area contributed by atoms with Gasteiger partial charge in [0, 0.05) is 23.7 Å². The summed E-state index contributed by atoms with van der Waals surface area (Å²) in [5.41, 5.74) is 6.98. The molecule has 0 spiro atoms. The van der Waals surface area contributed by atoms with Crippen molar-refractivity contribution in [2.75, 3.05) is 6.54 Å². The molecule has 1 aliphatic carbocycles. The molecule has 1 aliphatic heterocycles. The number of primary amides is 1. The van der Waals surface area contributed by atoms with Crippen LogP contribution in [0.3, 0.4) is 0 Å². The Hall–Kier alpha value is -1.78. The van der Waals surface area contributed by atoms with Crippen molar-refractivity contribution in [1.29, 1.82) is 0 Å². The van der Waals surface area contributed by atoms with Crippen LogP contribution in [0.2, 0.25) is 0 Å². The molecule has 0 aromatic rings. The summed E-state index contributed by atoms with van der Waals surface area (Å²) in [6, 6.07) is -0.696. The number of carbonyl (C=O) groups excluding carboxylic acids is 2. The number of piperidine rings is 1. The summed E-state index contributed by atoms with van der Waals surface area (Å²) in [7, 11) is 0. The Morgan fingerprint density at radius 3 is 2.21 bits per heavy atom. The summed E-state index contributed by atoms with van der Waals surface area (Å²) in [5, 5.41) is 3.11. The molecule has 2 amide bonds. The number of nitrogens with one attached hydrogen (secondary N) is 1. The predicted octanol–water partition coefficient (Wildman–Crippen LogP) is 3.71. The fraction of sp³-hybridized carbons (Fsp3) is 0.750.